The molecule has 1 fully saturated rings. The molecule has 2 heterocycles. The molecule has 0 aliphatic carbocycles. The standard InChI is InChI=1S/C10H16ClN5O/c1-6-7(2-3-17-6)4-13-9-8(11)5-14-10(15-9)16-12/h5-7H,2-4,12H2,1H3,(H2,13,14,15,16). The molecule has 0 radical (unpaired) electrons. The van der Waals surface area contributed by atoms with E-state index in [2.05, 4.69) is 27.6 Å². The van der Waals surface area contributed by atoms with Crippen molar-refractivity contribution < 1.29 is 4.74 Å². The molecule has 0 saturated carbocycles. The van der Waals surface area contributed by atoms with Crippen LogP contribution in [0, 0.1) is 5.92 Å². The van der Waals surface area contributed by atoms with Gasteiger partial charge >= 0.3 is 0 Å². The van der Waals surface area contributed by atoms with Crippen molar-refractivity contribution in [2.24, 2.45) is 11.8 Å². The molecule has 0 spiro atoms. The van der Waals surface area contributed by atoms with Crippen LogP contribution < -0.4 is 16.6 Å². The molecule has 1 saturated heterocycles. The van der Waals surface area contributed by atoms with E-state index in [1.807, 2.05) is 0 Å². The van der Waals surface area contributed by atoms with Crippen molar-refractivity contribution in [2.45, 2.75) is 19.4 Å². The van der Waals surface area contributed by atoms with E-state index in [1.54, 1.807) is 0 Å². The van der Waals surface area contributed by atoms with Crippen LogP contribution in [-0.2, 0) is 4.74 Å². The minimum Gasteiger partial charge on any atom is -0.378 e. The Hall–Kier alpha value is -1.11. The van der Waals surface area contributed by atoms with Gasteiger partial charge in [0.05, 0.1) is 12.3 Å². The van der Waals surface area contributed by atoms with Crippen LogP contribution in [0.4, 0.5) is 11.8 Å². The molecular weight excluding hydrogens is 242 g/mol. The maximum atomic E-state index is 5.99. The van der Waals surface area contributed by atoms with Gasteiger partial charge in [-0.3, -0.25) is 5.43 Å². The predicted molar refractivity (Wildman–Crippen MR) is 66.9 cm³/mol. The van der Waals surface area contributed by atoms with Gasteiger partial charge in [-0.2, -0.15) is 4.98 Å². The maximum absolute atomic E-state index is 5.99. The SMILES string of the molecule is CC1OCCC1CNc1nc(NN)ncc1Cl. The highest BCUT2D eigenvalue weighted by Crippen LogP contribution is 2.23. The Labute approximate surface area is 105 Å². The summed E-state index contributed by atoms with van der Waals surface area (Å²) in [5.41, 5.74) is 2.39. The largest absolute Gasteiger partial charge is 0.378 e. The smallest absolute Gasteiger partial charge is 0.239 e. The van der Waals surface area contributed by atoms with Crippen molar-refractivity contribution in [1.82, 2.24) is 9.97 Å². The van der Waals surface area contributed by atoms with Gasteiger partial charge in [0.2, 0.25) is 5.95 Å². The fourth-order valence-corrected chi connectivity index (χ4v) is 1.99. The number of anilines is 2. The first-order chi connectivity index (χ1) is 8.20. The highest BCUT2D eigenvalue weighted by atomic mass is 35.5. The van der Waals surface area contributed by atoms with Crippen LogP contribution in [-0.4, -0.2) is 29.2 Å². The van der Waals surface area contributed by atoms with Crippen LogP contribution in [0.5, 0.6) is 0 Å². The highest BCUT2D eigenvalue weighted by molar-refractivity contribution is 6.32. The van der Waals surface area contributed by atoms with Gasteiger partial charge in [-0.25, -0.2) is 10.8 Å². The molecule has 17 heavy (non-hydrogen) atoms. The summed E-state index contributed by atoms with van der Waals surface area (Å²) in [6, 6.07) is 0. The van der Waals surface area contributed by atoms with Crippen molar-refractivity contribution in [3.8, 4) is 0 Å². The summed E-state index contributed by atoms with van der Waals surface area (Å²) in [4.78, 5) is 8.05. The second-order valence-electron chi connectivity index (χ2n) is 4.04. The van der Waals surface area contributed by atoms with Crippen molar-refractivity contribution in [1.29, 1.82) is 0 Å². The Kier molecular flexibility index (Phi) is 3.98. The molecule has 2 unspecified atom stereocenters. The monoisotopic (exact) mass is 257 g/mol. The lowest BCUT2D eigenvalue weighted by molar-refractivity contribution is 0.108. The number of nitrogens with two attached hydrogens (primary N) is 1. The number of rotatable bonds is 4. The predicted octanol–water partition coefficient (Wildman–Crippen LogP) is 1.25. The van der Waals surface area contributed by atoms with Gasteiger partial charge in [-0.05, 0) is 13.3 Å². The summed E-state index contributed by atoms with van der Waals surface area (Å²) in [6.07, 6.45) is 2.84. The number of ether oxygens (including phenoxy) is 1. The number of hydrazine groups is 1. The zero-order valence-electron chi connectivity index (χ0n) is 9.61. The molecule has 1 aromatic heterocycles. The molecule has 0 amide bonds. The summed E-state index contributed by atoms with van der Waals surface area (Å²) < 4.78 is 5.49. The van der Waals surface area contributed by atoms with E-state index in [1.165, 1.54) is 6.20 Å². The van der Waals surface area contributed by atoms with Crippen molar-refractivity contribution in [3.05, 3.63) is 11.2 Å². The first-order valence-corrected chi connectivity index (χ1v) is 5.93. The van der Waals surface area contributed by atoms with Gasteiger partial charge in [-0.1, -0.05) is 11.6 Å². The van der Waals surface area contributed by atoms with Crippen LogP contribution in [0.25, 0.3) is 0 Å². The van der Waals surface area contributed by atoms with Gasteiger partial charge in [0.15, 0.2) is 5.82 Å². The summed E-state index contributed by atoms with van der Waals surface area (Å²) in [5.74, 6) is 6.66. The lowest BCUT2D eigenvalue weighted by atomic mass is 10.0. The van der Waals surface area contributed by atoms with Gasteiger partial charge in [0.25, 0.3) is 0 Å². The lowest BCUT2D eigenvalue weighted by Crippen LogP contribution is -2.21. The van der Waals surface area contributed by atoms with Crippen molar-refractivity contribution >= 4 is 23.4 Å². The lowest BCUT2D eigenvalue weighted by Gasteiger charge is -2.15. The number of halogens is 1. The Morgan fingerprint density at radius 3 is 3.12 bits per heavy atom. The Morgan fingerprint density at radius 2 is 2.47 bits per heavy atom. The van der Waals surface area contributed by atoms with Gasteiger partial charge in [-0.15, -0.1) is 0 Å². The first kappa shape index (κ1) is 12.3. The van der Waals surface area contributed by atoms with E-state index < -0.39 is 0 Å². The zero-order chi connectivity index (χ0) is 12.3. The van der Waals surface area contributed by atoms with E-state index in [9.17, 15) is 0 Å². The van der Waals surface area contributed by atoms with Crippen molar-refractivity contribution in [2.75, 3.05) is 23.9 Å². The minimum absolute atomic E-state index is 0.273. The third-order valence-electron chi connectivity index (χ3n) is 2.94. The Balaban J connectivity index is 1.98. The highest BCUT2D eigenvalue weighted by Gasteiger charge is 2.24. The summed E-state index contributed by atoms with van der Waals surface area (Å²) in [5, 5.41) is 3.68. The summed E-state index contributed by atoms with van der Waals surface area (Å²) >= 11 is 5.99. The van der Waals surface area contributed by atoms with Gasteiger partial charge < -0.3 is 10.1 Å². The molecule has 7 heteroatoms. The quantitative estimate of drug-likeness (QED) is 0.556. The molecule has 6 nitrogen and oxygen atoms in total. The fourth-order valence-electron chi connectivity index (χ4n) is 1.83. The average molecular weight is 258 g/mol. The molecule has 2 atom stereocenters. The molecule has 4 N–H and O–H groups in total. The van der Waals surface area contributed by atoms with Crippen LogP contribution in [0.1, 0.15) is 13.3 Å². The second kappa shape index (κ2) is 5.48. The number of hydrogen-bond acceptors (Lipinski definition) is 6. The third kappa shape index (κ3) is 2.96. The number of aromatic nitrogens is 2. The van der Waals surface area contributed by atoms with E-state index in [4.69, 9.17) is 22.2 Å². The normalized spacial score (nSPS) is 23.7. The van der Waals surface area contributed by atoms with Gasteiger partial charge in [0.1, 0.15) is 5.02 Å². The number of nitrogens with one attached hydrogen (secondary N) is 2. The molecule has 2 rings (SSSR count). The fraction of sp³-hybridized carbons (Fsp3) is 0.600. The topological polar surface area (TPSA) is 85.1 Å². The van der Waals surface area contributed by atoms with Crippen LogP contribution in [0.15, 0.2) is 6.20 Å². The zero-order valence-corrected chi connectivity index (χ0v) is 10.4. The van der Waals surface area contributed by atoms with Crippen LogP contribution in [0.3, 0.4) is 0 Å². The molecule has 94 valence electrons. The minimum atomic E-state index is 0.273. The summed E-state index contributed by atoms with van der Waals surface area (Å²) in [6.45, 7) is 3.68. The van der Waals surface area contributed by atoms with E-state index >= 15 is 0 Å². The molecule has 1 aliphatic heterocycles. The number of hydrogen-bond donors (Lipinski definition) is 3. The van der Waals surface area contributed by atoms with E-state index in [0.29, 0.717) is 22.7 Å². The Bertz CT molecular complexity index is 389. The van der Waals surface area contributed by atoms with E-state index in [0.717, 1.165) is 19.6 Å². The average Bonchev–Trinajstić information content (AvgIpc) is 2.74. The van der Waals surface area contributed by atoms with Crippen LogP contribution in [0.2, 0.25) is 5.02 Å². The molecule has 0 bridgehead atoms. The molecule has 1 aliphatic rings. The molecule has 0 aromatic carbocycles. The van der Waals surface area contributed by atoms with Gasteiger partial charge in [0, 0.05) is 19.1 Å². The Morgan fingerprint density at radius 1 is 1.65 bits per heavy atom. The molecule has 1 aromatic rings. The third-order valence-corrected chi connectivity index (χ3v) is 3.21. The van der Waals surface area contributed by atoms with E-state index in [-0.39, 0.29) is 6.10 Å². The van der Waals surface area contributed by atoms with Crippen LogP contribution >= 0.6 is 11.6 Å². The molecular formula is C10H16ClN5O. The van der Waals surface area contributed by atoms with Crippen molar-refractivity contribution in [3.63, 3.8) is 0 Å². The second-order valence-corrected chi connectivity index (χ2v) is 4.45. The number of nitrogen functional groups attached to an aromatic ring is 1. The maximum Gasteiger partial charge on any atom is 0.239 e. The first-order valence-electron chi connectivity index (χ1n) is 5.55. The number of nitrogens with zero attached hydrogens (tertiary/aromatic N) is 2. The summed E-state index contributed by atoms with van der Waals surface area (Å²) in [7, 11) is 0.